The van der Waals surface area contributed by atoms with Crippen molar-refractivity contribution in [3.8, 4) is 11.3 Å². The van der Waals surface area contributed by atoms with E-state index in [2.05, 4.69) is 30.2 Å². The Bertz CT molecular complexity index is 946. The van der Waals surface area contributed by atoms with Gasteiger partial charge < -0.3 is 16.0 Å². The van der Waals surface area contributed by atoms with E-state index in [0.717, 1.165) is 43.0 Å². The van der Waals surface area contributed by atoms with Crippen molar-refractivity contribution >= 4 is 17.5 Å². The molecule has 1 aliphatic rings. The van der Waals surface area contributed by atoms with Crippen LogP contribution in [-0.2, 0) is 0 Å². The lowest BCUT2D eigenvalue weighted by Crippen LogP contribution is -2.48. The van der Waals surface area contributed by atoms with Gasteiger partial charge in [0.15, 0.2) is 0 Å². The Labute approximate surface area is 162 Å². The van der Waals surface area contributed by atoms with E-state index < -0.39 is 0 Å². The van der Waals surface area contributed by atoms with Gasteiger partial charge in [0.2, 0.25) is 0 Å². The fourth-order valence-corrected chi connectivity index (χ4v) is 3.35. The molecule has 1 saturated heterocycles. The second kappa shape index (κ2) is 7.99. The van der Waals surface area contributed by atoms with E-state index in [-0.39, 0.29) is 11.9 Å². The minimum Gasteiger partial charge on any atom is -0.384 e. The molecule has 8 nitrogen and oxygen atoms in total. The van der Waals surface area contributed by atoms with Crippen LogP contribution in [-0.4, -0.2) is 45.0 Å². The van der Waals surface area contributed by atoms with E-state index in [1.54, 1.807) is 36.8 Å². The van der Waals surface area contributed by atoms with Crippen LogP contribution in [0.2, 0.25) is 0 Å². The molecular weight excluding hydrogens is 354 g/mol. The molecular formula is C20H21N7O. The van der Waals surface area contributed by atoms with Crippen LogP contribution in [0.3, 0.4) is 0 Å². The molecule has 1 unspecified atom stereocenters. The van der Waals surface area contributed by atoms with Crippen LogP contribution in [0.1, 0.15) is 23.2 Å². The summed E-state index contributed by atoms with van der Waals surface area (Å²) < 4.78 is 0. The maximum Gasteiger partial charge on any atom is 0.251 e. The average molecular weight is 375 g/mol. The van der Waals surface area contributed by atoms with Crippen molar-refractivity contribution in [3.63, 3.8) is 0 Å². The molecule has 1 aliphatic heterocycles. The third kappa shape index (κ3) is 4.06. The predicted molar refractivity (Wildman–Crippen MR) is 107 cm³/mol. The van der Waals surface area contributed by atoms with Crippen LogP contribution in [0.15, 0.2) is 55.2 Å². The number of nitrogens with two attached hydrogens (primary N) is 1. The molecule has 4 rings (SSSR count). The minimum atomic E-state index is -0.0836. The number of aromatic nitrogens is 4. The third-order valence-electron chi connectivity index (χ3n) is 4.76. The molecule has 1 fully saturated rings. The number of hydrogen-bond donors (Lipinski definition) is 2. The summed E-state index contributed by atoms with van der Waals surface area (Å²) in [6.45, 7) is 1.64. The van der Waals surface area contributed by atoms with Gasteiger partial charge in [-0.15, -0.1) is 0 Å². The van der Waals surface area contributed by atoms with Crippen molar-refractivity contribution in [1.29, 1.82) is 0 Å². The molecule has 0 radical (unpaired) electrons. The van der Waals surface area contributed by atoms with Crippen LogP contribution >= 0.6 is 0 Å². The number of nitrogens with one attached hydrogen (secondary N) is 1. The molecule has 1 amide bonds. The summed E-state index contributed by atoms with van der Waals surface area (Å²) in [6.07, 6.45) is 8.47. The van der Waals surface area contributed by atoms with Crippen LogP contribution in [0.25, 0.3) is 11.3 Å². The lowest BCUT2D eigenvalue weighted by atomic mass is 10.0. The van der Waals surface area contributed by atoms with Gasteiger partial charge in [-0.05, 0) is 25.0 Å². The maximum atomic E-state index is 12.7. The SMILES string of the molecule is Nc1cc(-c2ccc(C(=O)NC3CCCN(c4cnccn4)C3)cc2)ncn1. The van der Waals surface area contributed by atoms with E-state index in [9.17, 15) is 4.79 Å². The highest BCUT2D eigenvalue weighted by atomic mass is 16.1. The van der Waals surface area contributed by atoms with Crippen molar-refractivity contribution in [2.45, 2.75) is 18.9 Å². The molecule has 2 aromatic heterocycles. The molecule has 0 bridgehead atoms. The van der Waals surface area contributed by atoms with Gasteiger partial charge >= 0.3 is 0 Å². The zero-order chi connectivity index (χ0) is 19.3. The van der Waals surface area contributed by atoms with Crippen molar-refractivity contribution in [2.75, 3.05) is 23.7 Å². The third-order valence-corrected chi connectivity index (χ3v) is 4.76. The standard InChI is InChI=1S/C20H21N7O/c21-18-10-17(24-13-25-18)14-3-5-15(6-4-14)20(28)26-16-2-1-9-27(12-16)19-11-22-7-8-23-19/h3-8,10-11,13,16H,1-2,9,12H2,(H,26,28)(H2,21,24,25). The summed E-state index contributed by atoms with van der Waals surface area (Å²) in [5, 5.41) is 3.13. The molecule has 142 valence electrons. The van der Waals surface area contributed by atoms with Gasteiger partial charge in [-0.3, -0.25) is 9.78 Å². The van der Waals surface area contributed by atoms with E-state index in [1.807, 2.05) is 12.1 Å². The number of piperidine rings is 1. The second-order valence-corrected chi connectivity index (χ2v) is 6.73. The van der Waals surface area contributed by atoms with Crippen molar-refractivity contribution in [3.05, 3.63) is 60.8 Å². The smallest absolute Gasteiger partial charge is 0.251 e. The number of amides is 1. The molecule has 1 aromatic carbocycles. The molecule has 3 heterocycles. The zero-order valence-electron chi connectivity index (χ0n) is 15.3. The maximum absolute atomic E-state index is 12.7. The zero-order valence-corrected chi connectivity index (χ0v) is 15.3. The number of benzene rings is 1. The summed E-state index contributed by atoms with van der Waals surface area (Å²) in [6, 6.07) is 9.10. The van der Waals surface area contributed by atoms with Crippen LogP contribution in [0.5, 0.6) is 0 Å². The fraction of sp³-hybridized carbons (Fsp3) is 0.250. The van der Waals surface area contributed by atoms with Crippen molar-refractivity contribution in [1.82, 2.24) is 25.3 Å². The summed E-state index contributed by atoms with van der Waals surface area (Å²) in [5.41, 5.74) is 7.93. The first-order chi connectivity index (χ1) is 13.7. The van der Waals surface area contributed by atoms with Gasteiger partial charge in [-0.1, -0.05) is 12.1 Å². The topological polar surface area (TPSA) is 110 Å². The summed E-state index contributed by atoms with van der Waals surface area (Å²) in [4.78, 5) is 31.4. The van der Waals surface area contributed by atoms with E-state index in [0.29, 0.717) is 11.4 Å². The van der Waals surface area contributed by atoms with Gasteiger partial charge in [0.05, 0.1) is 11.9 Å². The molecule has 0 saturated carbocycles. The average Bonchev–Trinajstić information content (AvgIpc) is 2.75. The number of carbonyl (C=O) groups excluding carboxylic acids is 1. The Balaban J connectivity index is 1.40. The number of nitrogens with zero attached hydrogens (tertiary/aromatic N) is 5. The van der Waals surface area contributed by atoms with Gasteiger partial charge in [-0.25, -0.2) is 15.0 Å². The highest BCUT2D eigenvalue weighted by Gasteiger charge is 2.22. The summed E-state index contributed by atoms with van der Waals surface area (Å²) in [7, 11) is 0. The predicted octanol–water partition coefficient (Wildman–Crippen LogP) is 1.91. The largest absolute Gasteiger partial charge is 0.384 e. The quantitative estimate of drug-likeness (QED) is 0.717. The first-order valence-corrected chi connectivity index (χ1v) is 9.19. The Hall–Kier alpha value is -3.55. The Morgan fingerprint density at radius 3 is 2.75 bits per heavy atom. The van der Waals surface area contributed by atoms with E-state index in [4.69, 9.17) is 5.73 Å². The lowest BCUT2D eigenvalue weighted by molar-refractivity contribution is 0.0933. The number of hydrogen-bond acceptors (Lipinski definition) is 7. The highest BCUT2D eigenvalue weighted by Crippen LogP contribution is 2.19. The number of anilines is 2. The molecule has 0 spiro atoms. The van der Waals surface area contributed by atoms with E-state index in [1.165, 1.54) is 6.33 Å². The second-order valence-electron chi connectivity index (χ2n) is 6.73. The van der Waals surface area contributed by atoms with E-state index >= 15 is 0 Å². The molecule has 3 aromatic rings. The number of nitrogen functional groups attached to an aromatic ring is 1. The number of rotatable bonds is 4. The van der Waals surface area contributed by atoms with Crippen molar-refractivity contribution < 1.29 is 4.79 Å². The summed E-state index contributed by atoms with van der Waals surface area (Å²) >= 11 is 0. The summed E-state index contributed by atoms with van der Waals surface area (Å²) in [5.74, 6) is 1.17. The molecule has 1 atom stereocenters. The molecule has 0 aliphatic carbocycles. The monoisotopic (exact) mass is 375 g/mol. The highest BCUT2D eigenvalue weighted by molar-refractivity contribution is 5.94. The van der Waals surface area contributed by atoms with Gasteiger partial charge in [0.1, 0.15) is 18.0 Å². The Morgan fingerprint density at radius 2 is 2.00 bits per heavy atom. The van der Waals surface area contributed by atoms with Crippen LogP contribution < -0.4 is 16.0 Å². The molecule has 8 heteroatoms. The van der Waals surface area contributed by atoms with Gasteiger partial charge in [-0.2, -0.15) is 0 Å². The van der Waals surface area contributed by atoms with Crippen molar-refractivity contribution in [2.24, 2.45) is 0 Å². The van der Waals surface area contributed by atoms with Gasteiger partial charge in [0.25, 0.3) is 5.91 Å². The lowest BCUT2D eigenvalue weighted by Gasteiger charge is -2.33. The van der Waals surface area contributed by atoms with Gasteiger partial charge in [0, 0.05) is 48.7 Å². The first-order valence-electron chi connectivity index (χ1n) is 9.19. The Morgan fingerprint density at radius 1 is 1.14 bits per heavy atom. The van der Waals surface area contributed by atoms with Crippen LogP contribution in [0, 0.1) is 0 Å². The first kappa shape index (κ1) is 17.8. The normalized spacial score (nSPS) is 16.6. The fourth-order valence-electron chi connectivity index (χ4n) is 3.35. The van der Waals surface area contributed by atoms with Crippen LogP contribution in [0.4, 0.5) is 11.6 Å². The number of carbonyl (C=O) groups is 1. The molecule has 28 heavy (non-hydrogen) atoms. The Kier molecular flexibility index (Phi) is 5.09. The molecule has 3 N–H and O–H groups in total. The minimum absolute atomic E-state index is 0.0737.